The van der Waals surface area contributed by atoms with Gasteiger partial charge >= 0.3 is 16.2 Å². The van der Waals surface area contributed by atoms with Crippen LogP contribution in [-0.2, 0) is 10.2 Å². The fraction of sp³-hybridized carbons (Fsp3) is 0.429. The van der Waals surface area contributed by atoms with Gasteiger partial charge < -0.3 is 9.84 Å². The van der Waals surface area contributed by atoms with Gasteiger partial charge in [0.15, 0.2) is 11.6 Å². The Balaban J connectivity index is 2.32. The van der Waals surface area contributed by atoms with Crippen molar-refractivity contribution in [2.45, 2.75) is 19.8 Å². The zero-order valence-corrected chi connectivity index (χ0v) is 13.7. The Bertz CT molecular complexity index is 759. The quantitative estimate of drug-likeness (QED) is 0.782. The Hall–Kier alpha value is -2.20. The average molecular weight is 360 g/mol. The van der Waals surface area contributed by atoms with Gasteiger partial charge in [-0.15, -0.1) is 0 Å². The highest BCUT2D eigenvalue weighted by atomic mass is 32.2. The average Bonchev–Trinajstić information content (AvgIpc) is 3.03. The predicted octanol–water partition coefficient (Wildman–Crippen LogP) is 0.993. The molecule has 8 nitrogen and oxygen atoms in total. The van der Waals surface area contributed by atoms with E-state index in [1.807, 2.05) is 0 Å². The molecule has 1 amide bonds. The Morgan fingerprint density at radius 3 is 2.42 bits per heavy atom. The number of halogens is 1. The van der Waals surface area contributed by atoms with E-state index in [4.69, 9.17) is 9.84 Å². The first-order chi connectivity index (χ1) is 11.3. The largest absolute Gasteiger partial charge is 0.490 e. The summed E-state index contributed by atoms with van der Waals surface area (Å²) >= 11 is 0. The van der Waals surface area contributed by atoms with Crippen LogP contribution in [0.1, 0.15) is 40.5 Å². The van der Waals surface area contributed by atoms with Crippen molar-refractivity contribution in [3.8, 4) is 5.75 Å². The molecule has 1 saturated heterocycles. The van der Waals surface area contributed by atoms with Gasteiger partial charge in [0, 0.05) is 13.1 Å². The van der Waals surface area contributed by atoms with Gasteiger partial charge in [0.25, 0.3) is 5.91 Å². The van der Waals surface area contributed by atoms with Gasteiger partial charge in [-0.25, -0.2) is 13.9 Å². The van der Waals surface area contributed by atoms with Crippen LogP contribution in [-0.4, -0.2) is 49.4 Å². The van der Waals surface area contributed by atoms with E-state index in [-0.39, 0.29) is 19.7 Å². The van der Waals surface area contributed by atoms with Crippen molar-refractivity contribution in [3.63, 3.8) is 0 Å². The maximum atomic E-state index is 14.4. The van der Waals surface area contributed by atoms with Crippen molar-refractivity contribution in [3.05, 3.63) is 29.1 Å². The lowest BCUT2D eigenvalue weighted by Crippen LogP contribution is -2.42. The number of carboxylic acid groups (broad SMARTS) is 1. The number of carboxylic acids is 1. The first-order valence-corrected chi connectivity index (χ1v) is 8.72. The Morgan fingerprint density at radius 1 is 1.29 bits per heavy atom. The molecular weight excluding hydrogens is 343 g/mol. The number of amides is 1. The van der Waals surface area contributed by atoms with Crippen LogP contribution in [0, 0.1) is 5.82 Å². The molecule has 0 spiro atoms. The maximum absolute atomic E-state index is 14.4. The van der Waals surface area contributed by atoms with Crippen molar-refractivity contribution < 1.29 is 32.2 Å². The van der Waals surface area contributed by atoms with E-state index in [0.717, 1.165) is 16.4 Å². The second kappa shape index (κ2) is 7.14. The highest BCUT2D eigenvalue weighted by molar-refractivity contribution is 7.87. The van der Waals surface area contributed by atoms with Gasteiger partial charge in [-0.05, 0) is 31.9 Å². The normalized spacial score (nSPS) is 15.2. The third-order valence-electron chi connectivity index (χ3n) is 3.49. The van der Waals surface area contributed by atoms with E-state index in [1.165, 1.54) is 6.92 Å². The van der Waals surface area contributed by atoms with Crippen LogP contribution in [0.25, 0.3) is 0 Å². The number of rotatable bonds is 6. The molecule has 10 heteroatoms. The summed E-state index contributed by atoms with van der Waals surface area (Å²) in [7, 11) is -4.07. The van der Waals surface area contributed by atoms with Crippen LogP contribution in [0.5, 0.6) is 5.75 Å². The minimum absolute atomic E-state index is 0.0195. The smallest absolute Gasteiger partial charge is 0.339 e. The molecule has 0 aromatic heterocycles. The molecule has 24 heavy (non-hydrogen) atoms. The molecule has 0 atom stereocenters. The zero-order valence-electron chi connectivity index (χ0n) is 12.9. The summed E-state index contributed by atoms with van der Waals surface area (Å²) in [5.41, 5.74) is -1.06. The summed E-state index contributed by atoms with van der Waals surface area (Å²) in [6, 6.07) is 1.91. The monoisotopic (exact) mass is 360 g/mol. The summed E-state index contributed by atoms with van der Waals surface area (Å²) in [6.45, 7) is 2.07. The van der Waals surface area contributed by atoms with E-state index < -0.39 is 44.8 Å². The minimum atomic E-state index is -4.07. The number of hydrogen-bond acceptors (Lipinski definition) is 5. The summed E-state index contributed by atoms with van der Waals surface area (Å²) in [5, 5.41) is 9.03. The van der Waals surface area contributed by atoms with Crippen molar-refractivity contribution in [1.29, 1.82) is 0 Å². The van der Waals surface area contributed by atoms with Crippen LogP contribution in [0.4, 0.5) is 4.39 Å². The van der Waals surface area contributed by atoms with Crippen LogP contribution < -0.4 is 9.46 Å². The SMILES string of the molecule is CCOc1c(C(=O)O)ccc(C(=O)NS(=O)(=O)N2CCCC2)c1F. The Morgan fingerprint density at radius 2 is 1.88 bits per heavy atom. The topological polar surface area (TPSA) is 113 Å². The lowest BCUT2D eigenvalue weighted by atomic mass is 10.1. The fourth-order valence-corrected chi connectivity index (χ4v) is 3.56. The van der Waals surface area contributed by atoms with Crippen LogP contribution in [0.15, 0.2) is 12.1 Å². The van der Waals surface area contributed by atoms with E-state index >= 15 is 0 Å². The molecule has 0 aliphatic carbocycles. The third-order valence-corrected chi connectivity index (χ3v) is 4.98. The predicted molar refractivity (Wildman–Crippen MR) is 81.7 cm³/mol. The standard InChI is InChI=1S/C14H17FN2O6S/c1-2-23-12-10(14(19)20)6-5-9(11(12)15)13(18)16-24(21,22)17-7-3-4-8-17/h5-6H,2-4,7-8H2,1H3,(H,16,18)(H,19,20). The molecule has 1 fully saturated rings. The third kappa shape index (κ3) is 3.65. The summed E-state index contributed by atoms with van der Waals surface area (Å²) in [5.74, 6) is -4.42. The number of ether oxygens (including phenoxy) is 1. The molecule has 2 N–H and O–H groups in total. The summed E-state index contributed by atoms with van der Waals surface area (Å²) < 4.78 is 46.4. The zero-order chi connectivity index (χ0) is 17.9. The molecule has 0 bridgehead atoms. The maximum Gasteiger partial charge on any atom is 0.339 e. The molecule has 1 aromatic carbocycles. The van der Waals surface area contributed by atoms with Gasteiger partial charge in [-0.1, -0.05) is 0 Å². The van der Waals surface area contributed by atoms with Gasteiger partial charge in [-0.2, -0.15) is 12.7 Å². The number of nitrogens with zero attached hydrogens (tertiary/aromatic N) is 1. The molecule has 2 rings (SSSR count). The second-order valence-corrected chi connectivity index (χ2v) is 6.75. The van der Waals surface area contributed by atoms with E-state index in [0.29, 0.717) is 12.8 Å². The Kier molecular flexibility index (Phi) is 5.40. The van der Waals surface area contributed by atoms with Crippen molar-refractivity contribution in [1.82, 2.24) is 9.03 Å². The number of carbonyl (C=O) groups excluding carboxylic acids is 1. The fourth-order valence-electron chi connectivity index (χ4n) is 2.35. The lowest BCUT2D eigenvalue weighted by Gasteiger charge is -2.17. The molecule has 0 unspecified atom stereocenters. The summed E-state index contributed by atoms with van der Waals surface area (Å²) in [6.07, 6.45) is 1.37. The first-order valence-electron chi connectivity index (χ1n) is 7.28. The van der Waals surface area contributed by atoms with Gasteiger partial charge in [0.05, 0.1) is 12.2 Å². The molecule has 1 aliphatic heterocycles. The van der Waals surface area contributed by atoms with Crippen molar-refractivity contribution in [2.24, 2.45) is 0 Å². The highest BCUT2D eigenvalue weighted by Gasteiger charge is 2.29. The molecular formula is C14H17FN2O6S. The van der Waals surface area contributed by atoms with Crippen molar-refractivity contribution >= 4 is 22.1 Å². The molecule has 0 radical (unpaired) electrons. The number of hydrogen-bond donors (Lipinski definition) is 2. The van der Waals surface area contributed by atoms with Crippen molar-refractivity contribution in [2.75, 3.05) is 19.7 Å². The number of carbonyl (C=O) groups is 2. The highest BCUT2D eigenvalue weighted by Crippen LogP contribution is 2.26. The van der Waals surface area contributed by atoms with E-state index in [9.17, 15) is 22.4 Å². The first kappa shape index (κ1) is 18.1. The van der Waals surface area contributed by atoms with E-state index in [2.05, 4.69) is 0 Å². The number of benzene rings is 1. The minimum Gasteiger partial charge on any atom is -0.490 e. The van der Waals surface area contributed by atoms with Gasteiger partial charge in [-0.3, -0.25) is 4.79 Å². The molecule has 1 heterocycles. The van der Waals surface area contributed by atoms with E-state index in [1.54, 1.807) is 4.72 Å². The molecule has 1 aromatic rings. The van der Waals surface area contributed by atoms with Crippen LogP contribution in [0.3, 0.4) is 0 Å². The van der Waals surface area contributed by atoms with Gasteiger partial charge in [0.1, 0.15) is 5.56 Å². The molecule has 132 valence electrons. The number of nitrogens with one attached hydrogen (secondary N) is 1. The Labute approximate surface area is 138 Å². The van der Waals surface area contributed by atoms with Crippen LogP contribution >= 0.6 is 0 Å². The molecule has 0 saturated carbocycles. The molecule has 1 aliphatic rings. The van der Waals surface area contributed by atoms with Crippen LogP contribution in [0.2, 0.25) is 0 Å². The number of aromatic carboxylic acids is 1. The van der Waals surface area contributed by atoms with Gasteiger partial charge in [0.2, 0.25) is 0 Å². The second-order valence-electron chi connectivity index (χ2n) is 5.08. The lowest BCUT2D eigenvalue weighted by molar-refractivity contribution is 0.0690. The summed E-state index contributed by atoms with van der Waals surface area (Å²) in [4.78, 5) is 23.2.